The van der Waals surface area contributed by atoms with E-state index < -0.39 is 0 Å². The number of aromatic nitrogens is 3. The number of para-hydroxylation sites is 2. The molecule has 0 radical (unpaired) electrons. The number of methoxy groups -OCH3 is 1. The van der Waals surface area contributed by atoms with Crippen LogP contribution in [0, 0.1) is 0 Å². The summed E-state index contributed by atoms with van der Waals surface area (Å²) in [5, 5.41) is 1.20. The predicted molar refractivity (Wildman–Crippen MR) is 130 cm³/mol. The van der Waals surface area contributed by atoms with Crippen LogP contribution < -0.4 is 10.4 Å². The topological polar surface area (TPSA) is 72.3 Å². The minimum absolute atomic E-state index is 0.0417. The first-order valence-corrected chi connectivity index (χ1v) is 11.7. The molecule has 172 valence electrons. The molecule has 0 aliphatic carbocycles. The van der Waals surface area contributed by atoms with Gasteiger partial charge in [-0.2, -0.15) is 0 Å². The number of nitrogens with zero attached hydrogens (tertiary/aromatic N) is 3. The van der Waals surface area contributed by atoms with Crippen molar-refractivity contribution in [3.63, 3.8) is 0 Å². The van der Waals surface area contributed by atoms with Crippen LogP contribution in [0.25, 0.3) is 21.9 Å². The molecule has 1 amide bonds. The smallest absolute Gasteiger partial charge is 0.329 e. The van der Waals surface area contributed by atoms with E-state index in [0.717, 1.165) is 48.2 Å². The summed E-state index contributed by atoms with van der Waals surface area (Å²) in [5.41, 5.74) is 4.19. The van der Waals surface area contributed by atoms with Gasteiger partial charge >= 0.3 is 5.69 Å². The van der Waals surface area contributed by atoms with Gasteiger partial charge in [-0.3, -0.25) is 13.9 Å². The lowest BCUT2D eigenvalue weighted by Gasteiger charge is -2.32. The lowest BCUT2D eigenvalue weighted by atomic mass is 9.89. The van der Waals surface area contributed by atoms with E-state index in [-0.39, 0.29) is 11.6 Å². The number of amides is 1. The number of H-pyrrole nitrogens is 1. The Hall–Kier alpha value is -3.48. The number of carbonyl (C=O) groups is 1. The quantitative estimate of drug-likeness (QED) is 0.485. The van der Waals surface area contributed by atoms with Crippen LogP contribution in [0.5, 0.6) is 5.75 Å². The Kier molecular flexibility index (Phi) is 5.70. The SMILES string of the molecule is CCn1c(=O)n(CCC(=O)N2CCC(c3c[nH]c4ccc(OC)cc34)CC2)c2ccccc21. The van der Waals surface area contributed by atoms with Crippen molar-refractivity contribution in [1.82, 2.24) is 19.0 Å². The van der Waals surface area contributed by atoms with E-state index in [1.807, 2.05) is 48.2 Å². The van der Waals surface area contributed by atoms with Crippen molar-refractivity contribution in [2.45, 2.75) is 45.2 Å². The van der Waals surface area contributed by atoms with Gasteiger partial charge in [0.15, 0.2) is 0 Å². The molecule has 1 saturated heterocycles. The Balaban J connectivity index is 1.25. The molecule has 0 atom stereocenters. The van der Waals surface area contributed by atoms with Crippen LogP contribution in [0.2, 0.25) is 0 Å². The molecule has 2 aromatic carbocycles. The lowest BCUT2D eigenvalue weighted by molar-refractivity contribution is -0.132. The zero-order valence-electron chi connectivity index (χ0n) is 19.2. The van der Waals surface area contributed by atoms with Crippen LogP contribution in [0.3, 0.4) is 0 Å². The van der Waals surface area contributed by atoms with Crippen LogP contribution >= 0.6 is 0 Å². The molecule has 5 rings (SSSR count). The number of aromatic amines is 1. The van der Waals surface area contributed by atoms with E-state index in [1.165, 1.54) is 10.9 Å². The first-order chi connectivity index (χ1) is 16.1. The molecule has 2 aromatic heterocycles. The standard InChI is InChI=1S/C26H30N4O3/c1-3-29-23-6-4-5-7-24(23)30(26(29)32)15-12-25(31)28-13-10-18(11-14-28)21-17-27-22-9-8-19(33-2)16-20(21)22/h4-9,16-18,27H,3,10-15H2,1-2H3. The molecule has 0 saturated carbocycles. The molecule has 7 heteroatoms. The van der Waals surface area contributed by atoms with E-state index in [9.17, 15) is 9.59 Å². The molecule has 4 aromatic rings. The average molecular weight is 447 g/mol. The number of hydrogen-bond acceptors (Lipinski definition) is 3. The Morgan fingerprint density at radius 2 is 1.82 bits per heavy atom. The minimum Gasteiger partial charge on any atom is -0.497 e. The van der Waals surface area contributed by atoms with Crippen molar-refractivity contribution >= 4 is 27.8 Å². The largest absolute Gasteiger partial charge is 0.497 e. The summed E-state index contributed by atoms with van der Waals surface area (Å²) in [4.78, 5) is 31.1. The second-order valence-corrected chi connectivity index (χ2v) is 8.73. The number of fused-ring (bicyclic) bond motifs is 2. The second kappa shape index (κ2) is 8.81. The molecule has 1 aliphatic rings. The van der Waals surface area contributed by atoms with Gasteiger partial charge in [-0.15, -0.1) is 0 Å². The highest BCUT2D eigenvalue weighted by atomic mass is 16.5. The molecule has 7 nitrogen and oxygen atoms in total. The van der Waals surface area contributed by atoms with Gasteiger partial charge in [0.25, 0.3) is 0 Å². The van der Waals surface area contributed by atoms with Gasteiger partial charge in [0, 0.05) is 49.7 Å². The number of aryl methyl sites for hydroxylation is 2. The van der Waals surface area contributed by atoms with Crippen molar-refractivity contribution in [1.29, 1.82) is 0 Å². The first-order valence-electron chi connectivity index (χ1n) is 11.7. The van der Waals surface area contributed by atoms with Gasteiger partial charge in [0.05, 0.1) is 18.1 Å². The van der Waals surface area contributed by atoms with Crippen LogP contribution in [0.4, 0.5) is 0 Å². The van der Waals surface area contributed by atoms with E-state index in [1.54, 1.807) is 16.2 Å². The Labute approximate surface area is 192 Å². The van der Waals surface area contributed by atoms with Crippen LogP contribution in [0.15, 0.2) is 53.5 Å². The number of ether oxygens (including phenoxy) is 1. The number of hydrogen-bond donors (Lipinski definition) is 1. The molecule has 3 heterocycles. The molecule has 0 unspecified atom stereocenters. The maximum Gasteiger partial charge on any atom is 0.329 e. The monoisotopic (exact) mass is 446 g/mol. The van der Waals surface area contributed by atoms with Crippen molar-refractivity contribution in [2.75, 3.05) is 20.2 Å². The Morgan fingerprint density at radius 3 is 2.52 bits per heavy atom. The average Bonchev–Trinajstić information content (AvgIpc) is 3.40. The predicted octanol–water partition coefficient (Wildman–Crippen LogP) is 4.11. The fourth-order valence-corrected chi connectivity index (χ4v) is 5.19. The Bertz CT molecular complexity index is 1360. The molecule has 1 N–H and O–H groups in total. The zero-order chi connectivity index (χ0) is 22.9. The molecule has 1 fully saturated rings. The highest BCUT2D eigenvalue weighted by molar-refractivity contribution is 5.85. The van der Waals surface area contributed by atoms with E-state index >= 15 is 0 Å². The molecule has 0 bridgehead atoms. The number of carbonyl (C=O) groups excluding carboxylic acids is 1. The normalized spacial score (nSPS) is 14.9. The second-order valence-electron chi connectivity index (χ2n) is 8.73. The summed E-state index contributed by atoms with van der Waals surface area (Å²) in [6.07, 6.45) is 4.31. The third-order valence-corrected chi connectivity index (χ3v) is 7.00. The van der Waals surface area contributed by atoms with Gasteiger partial charge in [-0.1, -0.05) is 12.1 Å². The maximum atomic E-state index is 13.0. The fourth-order valence-electron chi connectivity index (χ4n) is 5.19. The van der Waals surface area contributed by atoms with Gasteiger partial charge in [0.1, 0.15) is 5.75 Å². The third kappa shape index (κ3) is 3.81. The van der Waals surface area contributed by atoms with Crippen molar-refractivity contribution < 1.29 is 9.53 Å². The fraction of sp³-hybridized carbons (Fsp3) is 0.385. The number of nitrogens with one attached hydrogen (secondary N) is 1. The van der Waals surface area contributed by atoms with Gasteiger partial charge in [0.2, 0.25) is 5.91 Å². The zero-order valence-corrected chi connectivity index (χ0v) is 19.2. The van der Waals surface area contributed by atoms with E-state index in [4.69, 9.17) is 4.74 Å². The molecule has 1 aliphatic heterocycles. The third-order valence-electron chi connectivity index (χ3n) is 7.00. The number of imidazole rings is 1. The summed E-state index contributed by atoms with van der Waals surface area (Å²) in [6, 6.07) is 13.9. The maximum absolute atomic E-state index is 13.0. The van der Waals surface area contributed by atoms with Crippen LogP contribution in [-0.4, -0.2) is 45.1 Å². The van der Waals surface area contributed by atoms with E-state index in [2.05, 4.69) is 17.2 Å². The highest BCUT2D eigenvalue weighted by Crippen LogP contribution is 2.34. The molecule has 0 spiro atoms. The Morgan fingerprint density at radius 1 is 1.09 bits per heavy atom. The number of piperidine rings is 1. The summed E-state index contributed by atoms with van der Waals surface area (Å²) in [5.74, 6) is 1.39. The van der Waals surface area contributed by atoms with Gasteiger partial charge in [-0.05, 0) is 61.6 Å². The number of likely N-dealkylation sites (tertiary alicyclic amines) is 1. The summed E-state index contributed by atoms with van der Waals surface area (Å²) >= 11 is 0. The summed E-state index contributed by atoms with van der Waals surface area (Å²) < 4.78 is 8.90. The van der Waals surface area contributed by atoms with Gasteiger partial charge < -0.3 is 14.6 Å². The van der Waals surface area contributed by atoms with Crippen molar-refractivity contribution in [3.8, 4) is 5.75 Å². The molecular weight excluding hydrogens is 416 g/mol. The summed E-state index contributed by atoms with van der Waals surface area (Å²) in [6.45, 7) is 4.48. The number of benzene rings is 2. The minimum atomic E-state index is -0.0417. The van der Waals surface area contributed by atoms with Crippen LogP contribution in [-0.2, 0) is 17.9 Å². The van der Waals surface area contributed by atoms with Crippen molar-refractivity contribution in [2.24, 2.45) is 0 Å². The molecule has 33 heavy (non-hydrogen) atoms. The number of rotatable bonds is 6. The van der Waals surface area contributed by atoms with E-state index in [0.29, 0.717) is 25.4 Å². The highest BCUT2D eigenvalue weighted by Gasteiger charge is 2.26. The first kappa shape index (κ1) is 21.4. The van der Waals surface area contributed by atoms with Gasteiger partial charge in [-0.25, -0.2) is 4.79 Å². The lowest BCUT2D eigenvalue weighted by Crippen LogP contribution is -2.38. The molecular formula is C26H30N4O3. The van der Waals surface area contributed by atoms with Crippen LogP contribution in [0.1, 0.15) is 37.7 Å². The van der Waals surface area contributed by atoms with Crippen molar-refractivity contribution in [3.05, 3.63) is 64.7 Å². The summed E-state index contributed by atoms with van der Waals surface area (Å²) in [7, 11) is 1.69.